The number of imidazole rings is 1. The molecule has 1 aliphatic rings. The number of amides is 1. The third-order valence-electron chi connectivity index (χ3n) is 4.63. The number of sulfonamides is 1. The molecule has 0 bridgehead atoms. The van der Waals surface area contributed by atoms with Crippen LogP contribution >= 0.6 is 0 Å². The molecule has 2 aromatic rings. The van der Waals surface area contributed by atoms with E-state index < -0.39 is 16.1 Å². The van der Waals surface area contributed by atoms with Crippen LogP contribution in [-0.4, -0.2) is 55.0 Å². The van der Waals surface area contributed by atoms with E-state index >= 15 is 0 Å². The largest absolute Gasteiger partial charge is 0.383 e. The smallest absolute Gasteiger partial charge is 0.271 e. The SMILES string of the molecule is COCCNC(=O)c1cn2c(n1)C(C)N(S(=O)(=O)c1ccc(C)cc1)CC2. The Morgan fingerprint density at radius 2 is 2.00 bits per heavy atom. The molecule has 1 aromatic carbocycles. The van der Waals surface area contributed by atoms with E-state index in [1.807, 2.05) is 11.5 Å². The van der Waals surface area contributed by atoms with Crippen LogP contribution in [0.4, 0.5) is 0 Å². The first-order valence-electron chi connectivity index (χ1n) is 8.77. The highest BCUT2D eigenvalue weighted by Crippen LogP contribution is 2.30. The van der Waals surface area contributed by atoms with Crippen LogP contribution in [0.25, 0.3) is 0 Å². The number of aromatic nitrogens is 2. The molecular weight excluding hydrogens is 368 g/mol. The van der Waals surface area contributed by atoms with Gasteiger partial charge in [0.25, 0.3) is 5.91 Å². The molecule has 1 N–H and O–H groups in total. The molecule has 0 radical (unpaired) electrons. The van der Waals surface area contributed by atoms with Gasteiger partial charge >= 0.3 is 0 Å². The van der Waals surface area contributed by atoms with Gasteiger partial charge in [-0.25, -0.2) is 13.4 Å². The Labute approximate surface area is 159 Å². The van der Waals surface area contributed by atoms with Gasteiger partial charge < -0.3 is 14.6 Å². The molecule has 0 aliphatic carbocycles. The monoisotopic (exact) mass is 392 g/mol. The molecule has 1 atom stereocenters. The number of carbonyl (C=O) groups is 1. The average molecular weight is 392 g/mol. The quantitative estimate of drug-likeness (QED) is 0.749. The van der Waals surface area contributed by atoms with Crippen molar-refractivity contribution in [3.05, 3.63) is 47.5 Å². The number of nitrogens with zero attached hydrogens (tertiary/aromatic N) is 3. The summed E-state index contributed by atoms with van der Waals surface area (Å²) in [6.45, 7) is 5.28. The van der Waals surface area contributed by atoms with Gasteiger partial charge in [-0.15, -0.1) is 0 Å². The van der Waals surface area contributed by atoms with E-state index in [2.05, 4.69) is 10.3 Å². The first-order valence-corrected chi connectivity index (χ1v) is 10.2. The van der Waals surface area contributed by atoms with E-state index in [4.69, 9.17) is 4.74 Å². The molecule has 0 fully saturated rings. The van der Waals surface area contributed by atoms with Crippen molar-refractivity contribution >= 4 is 15.9 Å². The highest BCUT2D eigenvalue weighted by molar-refractivity contribution is 7.89. The lowest BCUT2D eigenvalue weighted by atomic mass is 10.2. The van der Waals surface area contributed by atoms with Crippen molar-refractivity contribution in [3.63, 3.8) is 0 Å². The standard InChI is InChI=1S/C18H24N4O4S/c1-13-4-6-15(7-5-13)27(24,25)22-10-9-21-12-16(20-17(21)14(22)2)18(23)19-8-11-26-3/h4-7,12,14H,8-11H2,1-3H3,(H,19,23). The fourth-order valence-corrected chi connectivity index (χ4v) is 4.70. The van der Waals surface area contributed by atoms with Crippen LogP contribution in [0, 0.1) is 6.92 Å². The maximum atomic E-state index is 13.0. The molecular formula is C18H24N4O4S. The Morgan fingerprint density at radius 3 is 2.67 bits per heavy atom. The fourth-order valence-electron chi connectivity index (χ4n) is 3.11. The van der Waals surface area contributed by atoms with E-state index in [1.54, 1.807) is 44.5 Å². The Balaban J connectivity index is 1.82. The van der Waals surface area contributed by atoms with Crippen molar-refractivity contribution in [2.45, 2.75) is 31.3 Å². The summed E-state index contributed by atoms with van der Waals surface area (Å²) in [6.07, 6.45) is 1.67. The lowest BCUT2D eigenvalue weighted by molar-refractivity contribution is 0.0932. The summed E-state index contributed by atoms with van der Waals surface area (Å²) in [5.41, 5.74) is 1.28. The van der Waals surface area contributed by atoms with Crippen molar-refractivity contribution in [3.8, 4) is 0 Å². The van der Waals surface area contributed by atoms with Crippen LogP contribution in [0.5, 0.6) is 0 Å². The van der Waals surface area contributed by atoms with Crippen LogP contribution in [0.3, 0.4) is 0 Å². The van der Waals surface area contributed by atoms with E-state index in [9.17, 15) is 13.2 Å². The highest BCUT2D eigenvalue weighted by atomic mass is 32.2. The zero-order chi connectivity index (χ0) is 19.6. The predicted octanol–water partition coefficient (Wildman–Crippen LogP) is 1.33. The minimum Gasteiger partial charge on any atom is -0.383 e. The first kappa shape index (κ1) is 19.5. The number of methoxy groups -OCH3 is 1. The molecule has 0 saturated carbocycles. The number of fused-ring (bicyclic) bond motifs is 1. The van der Waals surface area contributed by atoms with Gasteiger partial charge in [0.05, 0.1) is 17.5 Å². The second-order valence-electron chi connectivity index (χ2n) is 6.53. The summed E-state index contributed by atoms with van der Waals surface area (Å²) in [7, 11) is -2.07. The summed E-state index contributed by atoms with van der Waals surface area (Å²) < 4.78 is 34.3. The summed E-state index contributed by atoms with van der Waals surface area (Å²) >= 11 is 0. The van der Waals surface area contributed by atoms with Gasteiger partial charge in [-0.2, -0.15) is 4.31 Å². The third-order valence-corrected chi connectivity index (χ3v) is 6.61. The number of nitrogens with one attached hydrogen (secondary N) is 1. The van der Waals surface area contributed by atoms with Gasteiger partial charge in [0.2, 0.25) is 10.0 Å². The van der Waals surface area contributed by atoms with Crippen LogP contribution in [0.2, 0.25) is 0 Å². The zero-order valence-electron chi connectivity index (χ0n) is 15.7. The topological polar surface area (TPSA) is 93.5 Å². The fraction of sp³-hybridized carbons (Fsp3) is 0.444. The minimum absolute atomic E-state index is 0.262. The predicted molar refractivity (Wildman–Crippen MR) is 99.9 cm³/mol. The van der Waals surface area contributed by atoms with E-state index in [0.717, 1.165) is 5.56 Å². The third kappa shape index (κ3) is 3.90. The van der Waals surface area contributed by atoms with Gasteiger partial charge in [0.15, 0.2) is 0 Å². The van der Waals surface area contributed by atoms with Gasteiger partial charge in [-0.1, -0.05) is 17.7 Å². The van der Waals surface area contributed by atoms with Gasteiger partial charge in [-0.3, -0.25) is 4.79 Å². The summed E-state index contributed by atoms with van der Waals surface area (Å²) in [5, 5.41) is 2.72. The molecule has 1 amide bonds. The Kier molecular flexibility index (Phi) is 5.64. The van der Waals surface area contributed by atoms with Crippen molar-refractivity contribution in [1.82, 2.24) is 19.2 Å². The number of benzene rings is 1. The van der Waals surface area contributed by atoms with Crippen LogP contribution < -0.4 is 5.32 Å². The van der Waals surface area contributed by atoms with Crippen LogP contribution in [0.1, 0.15) is 34.8 Å². The molecule has 1 aliphatic heterocycles. The van der Waals surface area contributed by atoms with Gasteiger partial charge in [0, 0.05) is 32.9 Å². The second-order valence-corrected chi connectivity index (χ2v) is 8.42. The maximum Gasteiger partial charge on any atom is 0.271 e. The lowest BCUT2D eigenvalue weighted by Crippen LogP contribution is -2.41. The van der Waals surface area contributed by atoms with Crippen LogP contribution in [-0.2, 0) is 21.3 Å². The minimum atomic E-state index is -3.64. The Hall–Kier alpha value is -2.23. The highest BCUT2D eigenvalue weighted by Gasteiger charge is 2.35. The molecule has 27 heavy (non-hydrogen) atoms. The summed E-state index contributed by atoms with van der Waals surface area (Å²) in [6, 6.07) is 6.33. The Bertz CT molecular complexity index is 921. The van der Waals surface area contributed by atoms with Crippen molar-refractivity contribution in [2.75, 3.05) is 26.8 Å². The van der Waals surface area contributed by atoms with Crippen molar-refractivity contribution < 1.29 is 17.9 Å². The van der Waals surface area contributed by atoms with Crippen molar-refractivity contribution in [2.24, 2.45) is 0 Å². The van der Waals surface area contributed by atoms with Crippen LogP contribution in [0.15, 0.2) is 35.4 Å². The summed E-state index contributed by atoms with van der Waals surface area (Å²) in [4.78, 5) is 16.8. The normalized spacial score (nSPS) is 17.5. The number of hydrogen-bond acceptors (Lipinski definition) is 5. The number of aryl methyl sites for hydroxylation is 1. The van der Waals surface area contributed by atoms with E-state index in [-0.39, 0.29) is 16.5 Å². The molecule has 3 rings (SSSR count). The second kappa shape index (κ2) is 7.79. The number of hydrogen-bond donors (Lipinski definition) is 1. The lowest BCUT2D eigenvalue weighted by Gasteiger charge is -2.32. The number of carbonyl (C=O) groups excluding carboxylic acids is 1. The molecule has 2 heterocycles. The van der Waals surface area contributed by atoms with Crippen molar-refractivity contribution in [1.29, 1.82) is 0 Å². The molecule has 0 spiro atoms. The number of rotatable bonds is 6. The maximum absolute atomic E-state index is 13.0. The summed E-state index contributed by atoms with van der Waals surface area (Å²) in [5.74, 6) is 0.267. The number of ether oxygens (including phenoxy) is 1. The Morgan fingerprint density at radius 1 is 1.30 bits per heavy atom. The first-order chi connectivity index (χ1) is 12.8. The van der Waals surface area contributed by atoms with E-state index in [0.29, 0.717) is 32.1 Å². The average Bonchev–Trinajstić information content (AvgIpc) is 3.08. The molecule has 8 nitrogen and oxygen atoms in total. The zero-order valence-corrected chi connectivity index (χ0v) is 16.5. The molecule has 1 unspecified atom stereocenters. The van der Waals surface area contributed by atoms with E-state index in [1.165, 1.54) is 4.31 Å². The molecule has 1 aromatic heterocycles. The molecule has 146 valence electrons. The van der Waals surface area contributed by atoms with Gasteiger partial charge in [-0.05, 0) is 26.0 Å². The molecule has 9 heteroatoms. The molecule has 0 saturated heterocycles. The van der Waals surface area contributed by atoms with Gasteiger partial charge in [0.1, 0.15) is 11.5 Å².